The summed E-state index contributed by atoms with van der Waals surface area (Å²) in [6, 6.07) is 5.17. The lowest BCUT2D eigenvalue weighted by Crippen LogP contribution is -2.16. The van der Waals surface area contributed by atoms with Crippen molar-refractivity contribution in [1.82, 2.24) is 0 Å². The number of ether oxygens (including phenoxy) is 1. The molecular weight excluding hydrogens is 252 g/mol. The topological polar surface area (TPSA) is 93.2 Å². The largest absolute Gasteiger partial charge is 0.492 e. The Morgan fingerprint density at radius 1 is 1.44 bits per heavy atom. The fraction of sp³-hybridized carbons (Fsp3) is 0.417. The average molecular weight is 270 g/mol. The molecule has 0 unspecified atom stereocenters. The third kappa shape index (κ3) is 4.03. The highest BCUT2D eigenvalue weighted by atomic mass is 32.2. The molecule has 1 aromatic rings. The number of nitrogens with one attached hydrogen (secondary N) is 1. The molecular formula is C12H18N2O3S. The van der Waals surface area contributed by atoms with E-state index in [2.05, 4.69) is 0 Å². The van der Waals surface area contributed by atoms with Gasteiger partial charge in [-0.3, -0.25) is 5.41 Å². The lowest BCUT2D eigenvalue weighted by Gasteiger charge is -2.10. The van der Waals surface area contributed by atoms with Gasteiger partial charge >= 0.3 is 0 Å². The van der Waals surface area contributed by atoms with Crippen LogP contribution in [-0.2, 0) is 9.84 Å². The van der Waals surface area contributed by atoms with Gasteiger partial charge in [0.15, 0.2) is 9.84 Å². The summed E-state index contributed by atoms with van der Waals surface area (Å²) >= 11 is 0. The van der Waals surface area contributed by atoms with Gasteiger partial charge in [0.1, 0.15) is 18.2 Å². The van der Waals surface area contributed by atoms with Gasteiger partial charge in [0.25, 0.3) is 0 Å². The number of hydrogen-bond acceptors (Lipinski definition) is 4. The zero-order valence-electron chi connectivity index (χ0n) is 10.6. The molecule has 18 heavy (non-hydrogen) atoms. The first-order valence-corrected chi connectivity index (χ1v) is 7.46. The lowest BCUT2D eigenvalue weighted by atomic mass is 10.1. The second-order valence-corrected chi connectivity index (χ2v) is 6.45. The zero-order valence-corrected chi connectivity index (χ0v) is 11.4. The van der Waals surface area contributed by atoms with Crippen LogP contribution in [0.4, 0.5) is 0 Å². The summed E-state index contributed by atoms with van der Waals surface area (Å²) in [5.74, 6) is 0.630. The molecule has 100 valence electrons. The van der Waals surface area contributed by atoms with Crippen LogP contribution in [-0.4, -0.2) is 32.4 Å². The van der Waals surface area contributed by atoms with Crippen molar-refractivity contribution in [3.05, 3.63) is 29.3 Å². The Labute approximate surface area is 107 Å². The second-order valence-electron chi connectivity index (χ2n) is 3.98. The van der Waals surface area contributed by atoms with Crippen molar-refractivity contribution in [2.45, 2.75) is 13.8 Å². The Morgan fingerprint density at radius 3 is 2.67 bits per heavy atom. The number of aryl methyl sites for hydroxylation is 1. The maximum atomic E-state index is 11.3. The summed E-state index contributed by atoms with van der Waals surface area (Å²) in [5, 5.41) is 7.33. The summed E-state index contributed by atoms with van der Waals surface area (Å²) in [6.07, 6.45) is 0. The Morgan fingerprint density at radius 2 is 2.11 bits per heavy atom. The molecule has 0 amide bonds. The summed E-state index contributed by atoms with van der Waals surface area (Å²) in [5.41, 5.74) is 6.83. The van der Waals surface area contributed by atoms with Gasteiger partial charge in [-0.25, -0.2) is 8.42 Å². The van der Waals surface area contributed by atoms with Crippen molar-refractivity contribution in [3.63, 3.8) is 0 Å². The monoisotopic (exact) mass is 270 g/mol. The molecule has 0 radical (unpaired) electrons. The van der Waals surface area contributed by atoms with E-state index < -0.39 is 9.84 Å². The Hall–Kier alpha value is -1.56. The first kappa shape index (κ1) is 14.5. The molecule has 0 aliphatic carbocycles. The molecule has 0 aliphatic heterocycles. The minimum absolute atomic E-state index is 0.00671. The maximum absolute atomic E-state index is 11.3. The quantitative estimate of drug-likeness (QED) is 0.597. The molecule has 0 heterocycles. The van der Waals surface area contributed by atoms with Gasteiger partial charge in [0.2, 0.25) is 0 Å². The highest BCUT2D eigenvalue weighted by Crippen LogP contribution is 2.19. The molecule has 3 N–H and O–H groups in total. The third-order valence-electron chi connectivity index (χ3n) is 2.59. The number of hydrogen-bond donors (Lipinski definition) is 2. The van der Waals surface area contributed by atoms with E-state index >= 15 is 0 Å². The number of rotatable bonds is 6. The van der Waals surface area contributed by atoms with Gasteiger partial charge in [-0.15, -0.1) is 0 Å². The van der Waals surface area contributed by atoms with Gasteiger partial charge in [-0.05, 0) is 18.6 Å². The van der Waals surface area contributed by atoms with Crippen LogP contribution in [0.1, 0.15) is 18.1 Å². The number of benzene rings is 1. The molecule has 0 atom stereocenters. The Bertz CT molecular complexity index is 538. The van der Waals surface area contributed by atoms with E-state index in [0.717, 1.165) is 5.56 Å². The summed E-state index contributed by atoms with van der Waals surface area (Å²) < 4.78 is 28.1. The van der Waals surface area contributed by atoms with Crippen molar-refractivity contribution in [2.24, 2.45) is 5.73 Å². The second kappa shape index (κ2) is 5.86. The molecule has 0 saturated carbocycles. The van der Waals surface area contributed by atoms with Gasteiger partial charge in [0.05, 0.1) is 5.75 Å². The summed E-state index contributed by atoms with van der Waals surface area (Å²) in [7, 11) is -3.02. The highest BCUT2D eigenvalue weighted by Gasteiger charge is 2.09. The van der Waals surface area contributed by atoms with Crippen LogP contribution in [0.3, 0.4) is 0 Å². The van der Waals surface area contributed by atoms with Crippen LogP contribution >= 0.6 is 0 Å². The van der Waals surface area contributed by atoms with E-state index in [4.69, 9.17) is 15.9 Å². The summed E-state index contributed by atoms with van der Waals surface area (Å²) in [4.78, 5) is 0. The van der Waals surface area contributed by atoms with Gasteiger partial charge < -0.3 is 10.5 Å². The molecule has 0 fully saturated rings. The number of nitrogens with two attached hydrogens (primary N) is 1. The smallest absolute Gasteiger partial charge is 0.153 e. The van der Waals surface area contributed by atoms with E-state index in [-0.39, 0.29) is 23.9 Å². The van der Waals surface area contributed by atoms with Crippen LogP contribution in [0, 0.1) is 12.3 Å². The molecule has 5 nitrogen and oxygen atoms in total. The minimum atomic E-state index is -3.02. The van der Waals surface area contributed by atoms with Crippen LogP contribution in [0.15, 0.2) is 18.2 Å². The van der Waals surface area contributed by atoms with E-state index in [1.54, 1.807) is 25.1 Å². The summed E-state index contributed by atoms with van der Waals surface area (Å²) in [6.45, 7) is 3.57. The van der Waals surface area contributed by atoms with Crippen molar-refractivity contribution in [3.8, 4) is 5.75 Å². The van der Waals surface area contributed by atoms with Crippen LogP contribution < -0.4 is 10.5 Å². The van der Waals surface area contributed by atoms with Crippen molar-refractivity contribution in [2.75, 3.05) is 18.1 Å². The molecule has 0 saturated heterocycles. The predicted molar refractivity (Wildman–Crippen MR) is 72.0 cm³/mol. The Kier molecular flexibility index (Phi) is 4.72. The maximum Gasteiger partial charge on any atom is 0.153 e. The van der Waals surface area contributed by atoms with Crippen LogP contribution in [0.2, 0.25) is 0 Å². The lowest BCUT2D eigenvalue weighted by molar-refractivity contribution is 0.338. The molecule has 0 bridgehead atoms. The molecule has 6 heteroatoms. The van der Waals surface area contributed by atoms with E-state index in [0.29, 0.717) is 11.3 Å². The van der Waals surface area contributed by atoms with Gasteiger partial charge in [0, 0.05) is 11.3 Å². The van der Waals surface area contributed by atoms with Crippen molar-refractivity contribution in [1.29, 1.82) is 5.41 Å². The van der Waals surface area contributed by atoms with E-state index in [9.17, 15) is 8.42 Å². The molecule has 0 spiro atoms. The first-order valence-electron chi connectivity index (χ1n) is 5.64. The third-order valence-corrected chi connectivity index (χ3v) is 4.26. The number of nitrogen functional groups attached to an aromatic ring is 1. The molecule has 1 rings (SSSR count). The molecule has 1 aromatic carbocycles. The minimum Gasteiger partial charge on any atom is -0.492 e. The van der Waals surface area contributed by atoms with Crippen molar-refractivity contribution < 1.29 is 13.2 Å². The molecule has 0 aliphatic rings. The average Bonchev–Trinajstić information content (AvgIpc) is 2.31. The van der Waals surface area contributed by atoms with E-state index in [1.165, 1.54) is 0 Å². The van der Waals surface area contributed by atoms with Crippen LogP contribution in [0.5, 0.6) is 5.75 Å². The van der Waals surface area contributed by atoms with Gasteiger partial charge in [-0.1, -0.05) is 19.1 Å². The first-order chi connectivity index (χ1) is 8.35. The fourth-order valence-corrected chi connectivity index (χ4v) is 1.97. The zero-order chi connectivity index (χ0) is 13.8. The Balaban J connectivity index is 2.73. The standard InChI is InChI=1S/C12H18N2O3S/c1-3-18(15,16)7-6-17-11-8-10(12(13)14)5-4-9(11)2/h4-5,8H,3,6-7H2,1-2H3,(H3,13,14). The molecule has 0 aromatic heterocycles. The van der Waals surface area contributed by atoms with E-state index in [1.807, 2.05) is 6.92 Å². The highest BCUT2D eigenvalue weighted by molar-refractivity contribution is 7.91. The SMILES string of the molecule is CCS(=O)(=O)CCOc1cc(C(=N)N)ccc1C. The predicted octanol–water partition coefficient (Wildman–Crippen LogP) is 1.09. The fourth-order valence-electron chi connectivity index (χ4n) is 1.35. The van der Waals surface area contributed by atoms with Crippen LogP contribution in [0.25, 0.3) is 0 Å². The van der Waals surface area contributed by atoms with Crippen molar-refractivity contribution >= 4 is 15.7 Å². The normalized spacial score (nSPS) is 11.2. The number of amidine groups is 1. The van der Waals surface area contributed by atoms with Gasteiger partial charge in [-0.2, -0.15) is 0 Å². The number of sulfone groups is 1.